The number of ether oxygens (including phenoxy) is 1. The highest BCUT2D eigenvalue weighted by atomic mass is 16.6. The molecule has 8 heteroatoms. The Balaban J connectivity index is 1.32. The Morgan fingerprint density at radius 3 is 2.69 bits per heavy atom. The molecule has 32 heavy (non-hydrogen) atoms. The summed E-state index contributed by atoms with van der Waals surface area (Å²) in [6, 6.07) is 17.8. The summed E-state index contributed by atoms with van der Waals surface area (Å²) in [7, 11) is 0. The van der Waals surface area contributed by atoms with Crippen LogP contribution in [-0.4, -0.2) is 28.9 Å². The van der Waals surface area contributed by atoms with Gasteiger partial charge in [-0.2, -0.15) is 0 Å². The molecule has 1 fully saturated rings. The van der Waals surface area contributed by atoms with Crippen LogP contribution in [0.2, 0.25) is 0 Å². The van der Waals surface area contributed by atoms with Crippen LogP contribution in [0.25, 0.3) is 0 Å². The molecule has 0 atom stereocenters. The van der Waals surface area contributed by atoms with Crippen LogP contribution in [0.4, 0.5) is 17.1 Å². The Hall–Kier alpha value is -3.94. The van der Waals surface area contributed by atoms with E-state index in [9.17, 15) is 14.9 Å². The maximum absolute atomic E-state index is 12.8. The number of anilines is 2. The molecule has 3 aromatic rings. The third-order valence-corrected chi connectivity index (χ3v) is 5.51. The first-order valence-electron chi connectivity index (χ1n) is 10.5. The van der Waals surface area contributed by atoms with Gasteiger partial charge >= 0.3 is 0 Å². The predicted molar refractivity (Wildman–Crippen MR) is 122 cm³/mol. The van der Waals surface area contributed by atoms with Crippen LogP contribution < -0.4 is 15.0 Å². The molecule has 1 amide bonds. The smallest absolute Gasteiger partial charge is 0.292 e. The van der Waals surface area contributed by atoms with Crippen LogP contribution in [0.15, 0.2) is 73.1 Å². The number of amides is 1. The van der Waals surface area contributed by atoms with Gasteiger partial charge in [0.1, 0.15) is 18.0 Å². The van der Waals surface area contributed by atoms with Crippen LogP contribution in [0, 0.1) is 16.0 Å². The summed E-state index contributed by atoms with van der Waals surface area (Å²) >= 11 is 0. The van der Waals surface area contributed by atoms with Crippen LogP contribution in [0.5, 0.6) is 5.75 Å². The van der Waals surface area contributed by atoms with Gasteiger partial charge in [-0.15, -0.1) is 0 Å². The zero-order valence-electron chi connectivity index (χ0n) is 17.5. The number of rotatable bonds is 7. The molecule has 0 spiro atoms. The summed E-state index contributed by atoms with van der Waals surface area (Å²) in [5, 5.41) is 14.3. The van der Waals surface area contributed by atoms with Gasteiger partial charge in [0.05, 0.1) is 4.92 Å². The summed E-state index contributed by atoms with van der Waals surface area (Å²) in [5.74, 6) is 0.475. The van der Waals surface area contributed by atoms with E-state index < -0.39 is 0 Å². The molecular formula is C24H24N4O4. The number of nitro benzene ring substituents is 1. The minimum absolute atomic E-state index is 0.0448. The second-order valence-corrected chi connectivity index (χ2v) is 7.67. The molecule has 8 nitrogen and oxygen atoms in total. The first-order chi connectivity index (χ1) is 15.6. The number of hydrogen-bond donors (Lipinski definition) is 1. The number of nitro groups is 1. The van der Waals surface area contributed by atoms with Crippen molar-refractivity contribution in [2.45, 2.75) is 19.4 Å². The number of para-hydroxylation sites is 2. The monoisotopic (exact) mass is 432 g/mol. The van der Waals surface area contributed by atoms with E-state index in [1.165, 1.54) is 6.07 Å². The fraction of sp³-hybridized carbons (Fsp3) is 0.250. The Morgan fingerprint density at radius 1 is 1.12 bits per heavy atom. The van der Waals surface area contributed by atoms with Crippen LogP contribution >= 0.6 is 0 Å². The average molecular weight is 432 g/mol. The molecule has 0 aliphatic carbocycles. The van der Waals surface area contributed by atoms with E-state index in [1.54, 1.807) is 36.7 Å². The van der Waals surface area contributed by atoms with E-state index in [2.05, 4.69) is 10.3 Å². The van der Waals surface area contributed by atoms with Crippen molar-refractivity contribution in [1.82, 2.24) is 4.98 Å². The van der Waals surface area contributed by atoms with Crippen molar-refractivity contribution in [3.63, 3.8) is 0 Å². The molecule has 0 bridgehead atoms. The van der Waals surface area contributed by atoms with Crippen molar-refractivity contribution in [2.24, 2.45) is 5.92 Å². The molecular weight excluding hydrogens is 408 g/mol. The quantitative estimate of drug-likeness (QED) is 0.438. The number of hydrogen-bond acceptors (Lipinski definition) is 6. The summed E-state index contributed by atoms with van der Waals surface area (Å²) in [6.45, 7) is 1.59. The van der Waals surface area contributed by atoms with E-state index >= 15 is 0 Å². The van der Waals surface area contributed by atoms with E-state index in [0.717, 1.165) is 5.56 Å². The Labute approximate surface area is 186 Å². The molecule has 0 unspecified atom stereocenters. The lowest BCUT2D eigenvalue weighted by Gasteiger charge is -2.32. The Morgan fingerprint density at radius 2 is 1.94 bits per heavy atom. The number of carbonyl (C=O) groups excluding carboxylic acids is 1. The van der Waals surface area contributed by atoms with Crippen molar-refractivity contribution in [2.75, 3.05) is 23.3 Å². The number of nitrogens with one attached hydrogen (secondary N) is 1. The highest BCUT2D eigenvalue weighted by Gasteiger charge is 2.28. The number of pyridine rings is 1. The maximum Gasteiger partial charge on any atom is 0.292 e. The summed E-state index contributed by atoms with van der Waals surface area (Å²) in [5.41, 5.74) is 2.35. The van der Waals surface area contributed by atoms with Gasteiger partial charge in [-0.05, 0) is 37.1 Å². The van der Waals surface area contributed by atoms with Crippen molar-refractivity contribution < 1.29 is 14.5 Å². The molecule has 1 N–H and O–H groups in total. The largest absolute Gasteiger partial charge is 0.489 e. The molecule has 1 saturated heterocycles. The van der Waals surface area contributed by atoms with E-state index in [-0.39, 0.29) is 22.4 Å². The number of nitrogens with zero attached hydrogens (tertiary/aromatic N) is 3. The summed E-state index contributed by atoms with van der Waals surface area (Å²) in [4.78, 5) is 29.8. The van der Waals surface area contributed by atoms with E-state index in [1.807, 2.05) is 35.2 Å². The first-order valence-corrected chi connectivity index (χ1v) is 10.5. The minimum Gasteiger partial charge on any atom is -0.489 e. The molecule has 164 valence electrons. The highest BCUT2D eigenvalue weighted by molar-refractivity contribution is 5.93. The number of piperidine rings is 1. The van der Waals surface area contributed by atoms with E-state index in [0.29, 0.717) is 49.7 Å². The van der Waals surface area contributed by atoms with Gasteiger partial charge in [-0.25, -0.2) is 0 Å². The SMILES string of the molecule is O=C(Nc1cccc(OCc2cccnc2)c1)C1CCN(c2ccccc2[N+](=O)[O-])CC1. The molecule has 2 heterocycles. The van der Waals surface area contributed by atoms with Gasteiger partial charge in [0, 0.05) is 54.8 Å². The van der Waals surface area contributed by atoms with Crippen molar-refractivity contribution in [1.29, 1.82) is 0 Å². The lowest BCUT2D eigenvalue weighted by Crippen LogP contribution is -2.38. The predicted octanol–water partition coefficient (Wildman–Crippen LogP) is 4.42. The number of carbonyl (C=O) groups is 1. The van der Waals surface area contributed by atoms with Crippen LogP contribution in [-0.2, 0) is 11.4 Å². The molecule has 1 aromatic heterocycles. The summed E-state index contributed by atoms with van der Waals surface area (Å²) in [6.07, 6.45) is 4.73. The second kappa shape index (κ2) is 9.91. The van der Waals surface area contributed by atoms with E-state index in [4.69, 9.17) is 4.74 Å². The highest BCUT2D eigenvalue weighted by Crippen LogP contribution is 2.31. The number of aromatic nitrogens is 1. The molecule has 0 radical (unpaired) electrons. The lowest BCUT2D eigenvalue weighted by molar-refractivity contribution is -0.384. The van der Waals surface area contributed by atoms with Crippen LogP contribution in [0.1, 0.15) is 18.4 Å². The standard InChI is InChI=1S/C24H24N4O4/c29-24(19-10-13-27(14-11-19)22-8-1-2-9-23(22)28(30)31)26-20-6-3-7-21(15-20)32-17-18-5-4-12-25-16-18/h1-9,12,15-16,19H,10-11,13-14,17H2,(H,26,29). The van der Waals surface area contributed by atoms with Gasteiger partial charge in [0.15, 0.2) is 0 Å². The van der Waals surface area contributed by atoms with Gasteiger partial charge in [0.2, 0.25) is 5.91 Å². The third-order valence-electron chi connectivity index (χ3n) is 5.51. The fourth-order valence-corrected chi connectivity index (χ4v) is 3.83. The zero-order chi connectivity index (χ0) is 22.3. The van der Waals surface area contributed by atoms with Gasteiger partial charge in [0.25, 0.3) is 5.69 Å². The van der Waals surface area contributed by atoms with Crippen molar-refractivity contribution in [3.8, 4) is 5.75 Å². The molecule has 2 aromatic carbocycles. The molecule has 0 saturated carbocycles. The van der Waals surface area contributed by atoms with Crippen molar-refractivity contribution in [3.05, 3.63) is 88.7 Å². The molecule has 4 rings (SSSR count). The second-order valence-electron chi connectivity index (χ2n) is 7.67. The first kappa shape index (κ1) is 21.3. The van der Waals surface area contributed by atoms with Crippen molar-refractivity contribution >= 4 is 23.0 Å². The van der Waals surface area contributed by atoms with Gasteiger partial charge in [-0.1, -0.05) is 24.3 Å². The third kappa shape index (κ3) is 5.21. The maximum atomic E-state index is 12.8. The zero-order valence-corrected chi connectivity index (χ0v) is 17.5. The number of benzene rings is 2. The lowest BCUT2D eigenvalue weighted by atomic mass is 9.95. The normalized spacial score (nSPS) is 14.1. The topological polar surface area (TPSA) is 97.6 Å². The van der Waals surface area contributed by atoms with Gasteiger partial charge < -0.3 is 15.0 Å². The molecule has 1 aliphatic heterocycles. The minimum atomic E-state index is -0.364. The fourth-order valence-electron chi connectivity index (χ4n) is 3.83. The average Bonchev–Trinajstić information content (AvgIpc) is 2.84. The van der Waals surface area contributed by atoms with Crippen LogP contribution in [0.3, 0.4) is 0 Å². The van der Waals surface area contributed by atoms with Gasteiger partial charge in [-0.3, -0.25) is 19.9 Å². The Kier molecular flexibility index (Phi) is 6.60. The summed E-state index contributed by atoms with van der Waals surface area (Å²) < 4.78 is 5.80. The molecule has 1 aliphatic rings. The Bertz CT molecular complexity index is 1080.